The Bertz CT molecular complexity index is 306. The van der Waals surface area contributed by atoms with Crippen molar-refractivity contribution in [2.24, 2.45) is 5.41 Å². The Kier molecular flexibility index (Phi) is 4.86. The third-order valence-electron chi connectivity index (χ3n) is 3.11. The van der Waals surface area contributed by atoms with Crippen LogP contribution in [0.5, 0.6) is 0 Å². The molecule has 0 spiro atoms. The van der Waals surface area contributed by atoms with Crippen LogP contribution in [0, 0.1) is 5.41 Å². The van der Waals surface area contributed by atoms with Crippen molar-refractivity contribution < 1.29 is 14.7 Å². The highest BCUT2D eigenvalue weighted by Crippen LogP contribution is 2.30. The van der Waals surface area contributed by atoms with Crippen LogP contribution in [0.3, 0.4) is 0 Å². The minimum atomic E-state index is -0.800. The number of hydrogen-bond donors (Lipinski definition) is 1. The third-order valence-corrected chi connectivity index (χ3v) is 4.19. The minimum Gasteiger partial charge on any atom is -0.481 e. The summed E-state index contributed by atoms with van der Waals surface area (Å²) in [6.07, 6.45) is 1.43. The van der Waals surface area contributed by atoms with Crippen LogP contribution in [0.4, 0.5) is 0 Å². The molecule has 0 aromatic carbocycles. The summed E-state index contributed by atoms with van der Waals surface area (Å²) in [6.45, 7) is 6.87. The molecule has 1 heterocycles. The lowest BCUT2D eigenvalue weighted by atomic mass is 9.82. The molecule has 98 valence electrons. The van der Waals surface area contributed by atoms with Gasteiger partial charge < -0.3 is 10.0 Å². The Morgan fingerprint density at radius 3 is 2.65 bits per heavy atom. The number of rotatable bonds is 4. The highest BCUT2D eigenvalue weighted by atomic mass is 32.2. The van der Waals surface area contributed by atoms with Crippen LogP contribution < -0.4 is 0 Å². The molecule has 1 fully saturated rings. The quantitative estimate of drug-likeness (QED) is 0.837. The molecule has 0 bridgehead atoms. The normalized spacial score (nSPS) is 25.1. The fraction of sp³-hybridized carbons (Fsp3) is 0.833. The average molecular weight is 259 g/mol. The molecule has 1 unspecified atom stereocenters. The Hall–Kier alpha value is -0.710. The van der Waals surface area contributed by atoms with Gasteiger partial charge in [-0.3, -0.25) is 9.59 Å². The van der Waals surface area contributed by atoms with E-state index in [-0.39, 0.29) is 5.91 Å². The Labute approximate surface area is 107 Å². The number of hydrogen-bond acceptors (Lipinski definition) is 3. The molecule has 1 saturated heterocycles. The van der Waals surface area contributed by atoms with Crippen molar-refractivity contribution in [1.29, 1.82) is 0 Å². The smallest absolute Gasteiger partial charge is 0.311 e. The summed E-state index contributed by atoms with van der Waals surface area (Å²) in [4.78, 5) is 24.8. The Morgan fingerprint density at radius 1 is 1.47 bits per heavy atom. The molecule has 17 heavy (non-hydrogen) atoms. The first-order valence-electron chi connectivity index (χ1n) is 5.98. The molecule has 5 heteroatoms. The molecular weight excluding hydrogens is 238 g/mol. The van der Waals surface area contributed by atoms with Crippen LogP contribution >= 0.6 is 11.8 Å². The van der Waals surface area contributed by atoms with E-state index in [1.807, 2.05) is 0 Å². The van der Waals surface area contributed by atoms with Crippen molar-refractivity contribution in [3.63, 3.8) is 0 Å². The predicted octanol–water partition coefficient (Wildman–Crippen LogP) is 1.84. The van der Waals surface area contributed by atoms with Gasteiger partial charge in [-0.1, -0.05) is 13.8 Å². The van der Waals surface area contributed by atoms with Crippen molar-refractivity contribution in [2.45, 2.75) is 38.9 Å². The van der Waals surface area contributed by atoms with E-state index in [2.05, 4.69) is 13.8 Å². The minimum absolute atomic E-state index is 0.0656. The number of carbonyl (C=O) groups excluding carboxylic acids is 1. The monoisotopic (exact) mass is 259 g/mol. The van der Waals surface area contributed by atoms with Crippen LogP contribution in [-0.4, -0.2) is 46.0 Å². The van der Waals surface area contributed by atoms with Gasteiger partial charge in [0.05, 0.1) is 11.2 Å². The van der Waals surface area contributed by atoms with Gasteiger partial charge in [0.2, 0.25) is 5.91 Å². The van der Waals surface area contributed by atoms with E-state index in [0.717, 1.165) is 6.42 Å². The number of carbonyl (C=O) groups is 2. The second kappa shape index (κ2) is 5.76. The van der Waals surface area contributed by atoms with Gasteiger partial charge in [0, 0.05) is 13.1 Å². The number of carboxylic acids is 1. The summed E-state index contributed by atoms with van der Waals surface area (Å²) in [5.41, 5.74) is -0.767. The second-order valence-electron chi connectivity index (χ2n) is 5.14. The summed E-state index contributed by atoms with van der Waals surface area (Å²) in [5, 5.41) is 9.60. The van der Waals surface area contributed by atoms with Crippen molar-refractivity contribution in [1.82, 2.24) is 4.90 Å². The largest absolute Gasteiger partial charge is 0.481 e. The first kappa shape index (κ1) is 14.4. The zero-order valence-electron chi connectivity index (χ0n) is 10.7. The van der Waals surface area contributed by atoms with Crippen molar-refractivity contribution in [3.8, 4) is 0 Å². The zero-order chi connectivity index (χ0) is 13.1. The van der Waals surface area contributed by atoms with Crippen molar-refractivity contribution in [2.75, 3.05) is 18.8 Å². The third kappa shape index (κ3) is 3.91. The number of piperidine rings is 1. The fourth-order valence-electron chi connectivity index (χ4n) is 1.96. The van der Waals surface area contributed by atoms with Gasteiger partial charge >= 0.3 is 5.97 Å². The Morgan fingerprint density at radius 2 is 2.12 bits per heavy atom. The maximum Gasteiger partial charge on any atom is 0.311 e. The van der Waals surface area contributed by atoms with Gasteiger partial charge in [0.1, 0.15) is 0 Å². The van der Waals surface area contributed by atoms with Gasteiger partial charge in [0.25, 0.3) is 0 Å². The molecule has 1 aliphatic heterocycles. The standard InChI is InChI=1S/C12H21NO3S/c1-9(2)17-7-10(14)13-6-4-5-12(3,8-13)11(15)16/h9H,4-8H2,1-3H3,(H,15,16). The van der Waals surface area contributed by atoms with E-state index < -0.39 is 11.4 Å². The molecule has 1 amide bonds. The lowest BCUT2D eigenvalue weighted by Crippen LogP contribution is -2.49. The molecule has 1 aliphatic rings. The number of thioether (sulfide) groups is 1. The van der Waals surface area contributed by atoms with Crippen LogP contribution in [-0.2, 0) is 9.59 Å². The Balaban J connectivity index is 2.54. The molecule has 1 atom stereocenters. The van der Waals surface area contributed by atoms with Crippen LogP contribution in [0.1, 0.15) is 33.6 Å². The van der Waals surface area contributed by atoms with E-state index in [0.29, 0.717) is 30.5 Å². The summed E-state index contributed by atoms with van der Waals surface area (Å²) in [7, 11) is 0. The summed E-state index contributed by atoms with van der Waals surface area (Å²) in [6, 6.07) is 0. The van der Waals surface area contributed by atoms with Gasteiger partial charge in [0.15, 0.2) is 0 Å². The van der Waals surface area contributed by atoms with Gasteiger partial charge in [-0.15, -0.1) is 11.8 Å². The second-order valence-corrected chi connectivity index (χ2v) is 6.71. The molecule has 4 nitrogen and oxygen atoms in total. The van der Waals surface area contributed by atoms with E-state index in [9.17, 15) is 14.7 Å². The molecule has 0 saturated carbocycles. The zero-order valence-corrected chi connectivity index (χ0v) is 11.5. The first-order chi connectivity index (χ1) is 7.85. The fourth-order valence-corrected chi connectivity index (χ4v) is 2.61. The van der Waals surface area contributed by atoms with Gasteiger partial charge in [-0.25, -0.2) is 0 Å². The van der Waals surface area contributed by atoms with Gasteiger partial charge in [-0.05, 0) is 25.0 Å². The molecule has 0 aromatic heterocycles. The molecule has 1 rings (SSSR count). The maximum absolute atomic E-state index is 11.9. The highest BCUT2D eigenvalue weighted by molar-refractivity contribution is 8.00. The maximum atomic E-state index is 11.9. The number of nitrogens with zero attached hydrogens (tertiary/aromatic N) is 1. The SMILES string of the molecule is CC(C)SCC(=O)N1CCCC(C)(C(=O)O)C1. The van der Waals surface area contributed by atoms with Gasteiger partial charge in [-0.2, -0.15) is 0 Å². The number of amides is 1. The molecule has 0 aromatic rings. The lowest BCUT2D eigenvalue weighted by molar-refractivity contribution is -0.153. The number of likely N-dealkylation sites (tertiary alicyclic amines) is 1. The number of carboxylic acid groups (broad SMARTS) is 1. The average Bonchev–Trinajstić information content (AvgIpc) is 2.25. The molecular formula is C12H21NO3S. The molecule has 0 radical (unpaired) electrons. The predicted molar refractivity (Wildman–Crippen MR) is 69.2 cm³/mol. The van der Waals surface area contributed by atoms with Crippen LogP contribution in [0.2, 0.25) is 0 Å². The first-order valence-corrected chi connectivity index (χ1v) is 7.03. The van der Waals surface area contributed by atoms with Crippen molar-refractivity contribution in [3.05, 3.63) is 0 Å². The van der Waals surface area contributed by atoms with E-state index in [1.165, 1.54) is 0 Å². The summed E-state index contributed by atoms with van der Waals surface area (Å²) >= 11 is 1.60. The topological polar surface area (TPSA) is 57.6 Å². The lowest BCUT2D eigenvalue weighted by Gasteiger charge is -2.37. The van der Waals surface area contributed by atoms with E-state index >= 15 is 0 Å². The molecule has 1 N–H and O–H groups in total. The van der Waals surface area contributed by atoms with E-state index in [1.54, 1.807) is 23.6 Å². The van der Waals surface area contributed by atoms with Crippen molar-refractivity contribution >= 4 is 23.6 Å². The van der Waals surface area contributed by atoms with E-state index in [4.69, 9.17) is 0 Å². The summed E-state index contributed by atoms with van der Waals surface area (Å²) < 4.78 is 0. The highest BCUT2D eigenvalue weighted by Gasteiger charge is 2.39. The number of aliphatic carboxylic acids is 1. The molecule has 0 aliphatic carbocycles. The van der Waals surface area contributed by atoms with Crippen LogP contribution in [0.15, 0.2) is 0 Å². The summed E-state index contributed by atoms with van der Waals surface area (Å²) in [5.74, 6) is -0.282. The van der Waals surface area contributed by atoms with Crippen LogP contribution in [0.25, 0.3) is 0 Å².